The van der Waals surface area contributed by atoms with E-state index in [2.05, 4.69) is 22.4 Å². The summed E-state index contributed by atoms with van der Waals surface area (Å²) in [5, 5.41) is 54.5. The summed E-state index contributed by atoms with van der Waals surface area (Å²) in [5.74, 6) is -3.08. The van der Waals surface area contributed by atoms with E-state index >= 15 is 0 Å². The van der Waals surface area contributed by atoms with Gasteiger partial charge in [0.1, 0.15) is 36.2 Å². The van der Waals surface area contributed by atoms with Gasteiger partial charge in [-0.3, -0.25) is 14.3 Å². The van der Waals surface area contributed by atoms with Crippen molar-refractivity contribution in [3.63, 3.8) is 0 Å². The molecule has 0 aliphatic carbocycles. The van der Waals surface area contributed by atoms with Crippen molar-refractivity contribution in [3.8, 4) is 22.4 Å². The second-order valence-electron chi connectivity index (χ2n) is 19.6. The molecule has 3 aliphatic rings. The highest BCUT2D eigenvalue weighted by Gasteiger charge is 2.48. The zero-order chi connectivity index (χ0) is 50.8. The van der Waals surface area contributed by atoms with Crippen molar-refractivity contribution in [2.24, 2.45) is 23.7 Å². The molecule has 0 bridgehead atoms. The van der Waals surface area contributed by atoms with Crippen LogP contribution in [0.1, 0.15) is 67.2 Å². The number of likely N-dealkylation sites (N-methyl/N-ethyl adjacent to an activating group) is 1. The van der Waals surface area contributed by atoms with Crippen LogP contribution in [0.3, 0.4) is 0 Å². The Morgan fingerprint density at radius 2 is 1.44 bits per heavy atom. The molecule has 3 aromatic rings. The van der Waals surface area contributed by atoms with E-state index in [1.165, 1.54) is 14.2 Å². The van der Waals surface area contributed by atoms with E-state index < -0.39 is 116 Å². The Bertz CT molecular complexity index is 2170. The van der Waals surface area contributed by atoms with E-state index in [1.54, 1.807) is 56.6 Å². The van der Waals surface area contributed by atoms with Gasteiger partial charge in [-0.1, -0.05) is 98.3 Å². The van der Waals surface area contributed by atoms with Gasteiger partial charge in [0.2, 0.25) is 0 Å². The number of aryl methyl sites for hydroxylation is 1. The van der Waals surface area contributed by atoms with Crippen molar-refractivity contribution >= 4 is 11.8 Å². The minimum atomic E-state index is -1.30. The molecule has 0 saturated carbocycles. The molecular formula is C53H76N4O13. The number of nitrogens with zero attached hydrogens (tertiary/aromatic N) is 4. The lowest BCUT2D eigenvalue weighted by atomic mass is 9.79. The summed E-state index contributed by atoms with van der Waals surface area (Å²) in [6, 6.07) is 17.5. The van der Waals surface area contributed by atoms with Gasteiger partial charge >= 0.3 is 5.97 Å². The van der Waals surface area contributed by atoms with Crippen molar-refractivity contribution in [1.29, 1.82) is 0 Å². The van der Waals surface area contributed by atoms with Crippen LogP contribution in [-0.2, 0) is 49.3 Å². The number of hydrogen-bond donors (Lipinski definition) is 4. The molecule has 17 nitrogen and oxygen atoms in total. The number of benzene rings is 2. The molecule has 3 aliphatic heterocycles. The number of methoxy groups -OCH3 is 2. The molecule has 6 rings (SSSR count). The Hall–Kier alpha value is -4.24. The normalized spacial score (nSPS) is 36.3. The molecule has 4 N–H and O–H groups in total. The molecule has 17 heteroatoms. The van der Waals surface area contributed by atoms with Crippen LogP contribution in [0, 0.1) is 23.7 Å². The molecule has 4 heterocycles. The van der Waals surface area contributed by atoms with Crippen LogP contribution >= 0.6 is 0 Å². The topological polar surface area (TPSA) is 214 Å². The standard InChI is InChI=1S/C53H76N4O13/c1-11-43-39(29-66-53-51(65-10)50(64-9)47(62)34(6)68-53)25-30(2)17-22-41(58)31(3)26-38(23-24-57-28-40(54-55-57)37-20-18-36(19-21-37)35-15-13-12-14-16-35)49(32(4)42(59)27-44(60)69-43)70-52-48(63)45(56(7)8)46(61)33(5)67-52/h12-22,25,28,31-34,38-39,42-43,45-53,59,61-63H,11,23-24,26-27,29H2,1-10H3/b22-17+,30-25+/t31-,32+,33-,34?,38+,39-,42-,43-,45?,46-,47-,48?,49-,50+,51?,52+,53-/m1/s1. The number of ketones is 1. The lowest BCUT2D eigenvalue weighted by Crippen LogP contribution is -2.63. The highest BCUT2D eigenvalue weighted by Crippen LogP contribution is 2.36. The molecule has 70 heavy (non-hydrogen) atoms. The fourth-order valence-electron chi connectivity index (χ4n) is 9.99. The van der Waals surface area contributed by atoms with Crippen LogP contribution in [0.4, 0.5) is 0 Å². The maximum Gasteiger partial charge on any atom is 0.308 e. The predicted octanol–water partition coefficient (Wildman–Crippen LogP) is 4.99. The van der Waals surface area contributed by atoms with E-state index in [0.29, 0.717) is 31.5 Å². The van der Waals surface area contributed by atoms with Gasteiger partial charge in [0, 0.05) is 44.1 Å². The first-order valence-corrected chi connectivity index (χ1v) is 24.6. The number of allylic oxidation sites excluding steroid dienone is 3. The molecule has 2 aromatic carbocycles. The van der Waals surface area contributed by atoms with Gasteiger partial charge in [0.05, 0.1) is 55.8 Å². The average molecular weight is 977 g/mol. The van der Waals surface area contributed by atoms with Crippen LogP contribution in [0.5, 0.6) is 0 Å². The smallest absolute Gasteiger partial charge is 0.308 e. The number of ether oxygens (including phenoxy) is 7. The summed E-state index contributed by atoms with van der Waals surface area (Å²) in [5.41, 5.74) is 4.48. The van der Waals surface area contributed by atoms with E-state index in [9.17, 15) is 30.0 Å². The molecule has 2 fully saturated rings. The van der Waals surface area contributed by atoms with E-state index in [0.717, 1.165) is 22.3 Å². The van der Waals surface area contributed by atoms with Crippen molar-refractivity contribution in [1.82, 2.24) is 19.9 Å². The third-order valence-corrected chi connectivity index (χ3v) is 14.3. The highest BCUT2D eigenvalue weighted by atomic mass is 16.7. The lowest BCUT2D eigenvalue weighted by Gasteiger charge is -2.46. The third kappa shape index (κ3) is 13.6. The first kappa shape index (κ1) is 55.1. The van der Waals surface area contributed by atoms with Gasteiger partial charge in [-0.25, -0.2) is 0 Å². The summed E-state index contributed by atoms with van der Waals surface area (Å²) in [6.07, 6.45) is -3.43. The summed E-state index contributed by atoms with van der Waals surface area (Å²) in [7, 11) is 6.47. The number of rotatable bonds is 14. The summed E-state index contributed by atoms with van der Waals surface area (Å²) < 4.78 is 44.4. The van der Waals surface area contributed by atoms with Crippen LogP contribution < -0.4 is 0 Å². The van der Waals surface area contributed by atoms with Crippen molar-refractivity contribution in [3.05, 3.63) is 84.6 Å². The molecular weight excluding hydrogens is 901 g/mol. The van der Waals surface area contributed by atoms with Crippen molar-refractivity contribution in [2.45, 2.75) is 153 Å². The first-order valence-electron chi connectivity index (χ1n) is 24.6. The van der Waals surface area contributed by atoms with Gasteiger partial charge in [0.25, 0.3) is 0 Å². The number of hydrogen-bond acceptors (Lipinski definition) is 16. The monoisotopic (exact) mass is 977 g/mol. The van der Waals surface area contributed by atoms with Gasteiger partial charge < -0.3 is 58.5 Å². The Balaban J connectivity index is 1.29. The lowest BCUT2D eigenvalue weighted by molar-refractivity contribution is -0.304. The van der Waals surface area contributed by atoms with Crippen LogP contribution in [0.2, 0.25) is 0 Å². The summed E-state index contributed by atoms with van der Waals surface area (Å²) in [6.45, 7) is 11.1. The van der Waals surface area contributed by atoms with Crippen LogP contribution in [0.25, 0.3) is 22.4 Å². The number of esters is 1. The zero-order valence-corrected chi connectivity index (χ0v) is 42.3. The quantitative estimate of drug-likeness (QED) is 0.157. The number of cyclic esters (lactones) is 1. The molecule has 2 saturated heterocycles. The molecule has 386 valence electrons. The zero-order valence-electron chi connectivity index (χ0n) is 42.3. The van der Waals surface area contributed by atoms with Crippen molar-refractivity contribution < 1.29 is 63.2 Å². The number of aromatic nitrogens is 3. The number of aliphatic hydroxyl groups excluding tert-OH is 4. The van der Waals surface area contributed by atoms with Gasteiger partial charge in [-0.15, -0.1) is 5.10 Å². The van der Waals surface area contributed by atoms with E-state index in [4.69, 9.17) is 33.2 Å². The second kappa shape index (κ2) is 25.4. The van der Waals surface area contributed by atoms with Crippen LogP contribution in [0.15, 0.2) is 84.6 Å². The van der Waals surface area contributed by atoms with Gasteiger partial charge in [0.15, 0.2) is 18.4 Å². The molecule has 1 aromatic heterocycles. The number of aliphatic hydroxyl groups is 4. The van der Waals surface area contributed by atoms with Gasteiger partial charge in [-0.05, 0) is 77.2 Å². The Morgan fingerprint density at radius 1 is 0.800 bits per heavy atom. The number of carbonyl (C=O) groups is 2. The third-order valence-electron chi connectivity index (χ3n) is 14.3. The molecule has 4 unspecified atom stereocenters. The molecule has 17 atom stereocenters. The van der Waals surface area contributed by atoms with E-state index in [1.807, 2.05) is 75.5 Å². The predicted molar refractivity (Wildman–Crippen MR) is 261 cm³/mol. The fourth-order valence-corrected chi connectivity index (χ4v) is 9.99. The summed E-state index contributed by atoms with van der Waals surface area (Å²) >= 11 is 0. The Kier molecular flexibility index (Phi) is 20.0. The molecule has 0 amide bonds. The average Bonchev–Trinajstić information content (AvgIpc) is 3.83. The fraction of sp³-hybridized carbons (Fsp3) is 0.623. The van der Waals surface area contributed by atoms with Crippen molar-refractivity contribution in [2.75, 3.05) is 34.9 Å². The van der Waals surface area contributed by atoms with E-state index in [-0.39, 0.29) is 12.4 Å². The Labute approximate surface area is 412 Å². The maximum atomic E-state index is 14.1. The summed E-state index contributed by atoms with van der Waals surface area (Å²) in [4.78, 5) is 29.8. The van der Waals surface area contributed by atoms with Crippen LogP contribution in [-0.4, -0.2) is 167 Å². The minimum Gasteiger partial charge on any atom is -0.462 e. The minimum absolute atomic E-state index is 0.0141. The molecule has 0 spiro atoms. The Morgan fingerprint density at radius 3 is 2.10 bits per heavy atom. The van der Waals surface area contributed by atoms with Gasteiger partial charge in [-0.2, -0.15) is 0 Å². The molecule has 0 radical (unpaired) electrons. The SMILES string of the molecule is CC[C@H]1OC(=O)C[C@@H](O)[C@H](C)[C@@H](O[C@@H]2O[C@H](C)[C@@H](O)C(N(C)C)C2O)[C@@H](CCn2cc(-c3ccc(-c4ccccc4)cc3)nn2)C[C@@H](C)C(=O)/C=C/C(C)=C/[C@@H]1CO[C@@H]1OC(C)[C@@H](O)[C@H](OC)C1OC. The highest BCUT2D eigenvalue weighted by molar-refractivity contribution is 5.91. The second-order valence-corrected chi connectivity index (χ2v) is 19.6. The number of carbonyl (C=O) groups excluding carboxylic acids is 2. The maximum absolute atomic E-state index is 14.1. The first-order chi connectivity index (χ1) is 33.4. The largest absolute Gasteiger partial charge is 0.462 e.